The molecule has 1 aliphatic heterocycles. The quantitative estimate of drug-likeness (QED) is 0.766. The fraction of sp³-hybridized carbons (Fsp3) is 0.500. The highest BCUT2D eigenvalue weighted by atomic mass is 32.2. The van der Waals surface area contributed by atoms with Gasteiger partial charge in [-0.3, -0.25) is 4.79 Å². The van der Waals surface area contributed by atoms with Crippen molar-refractivity contribution in [3.05, 3.63) is 29.6 Å². The molecule has 1 fully saturated rings. The van der Waals surface area contributed by atoms with Crippen LogP contribution in [0, 0.1) is 5.82 Å². The minimum absolute atomic E-state index is 0.183. The average Bonchev–Trinajstić information content (AvgIpc) is 2.50. The number of carbonyl (C=O) groups excluding carboxylic acids is 1. The van der Waals surface area contributed by atoms with E-state index >= 15 is 0 Å². The highest BCUT2D eigenvalue weighted by molar-refractivity contribution is 8.00. The predicted octanol–water partition coefficient (Wildman–Crippen LogP) is 3.36. The van der Waals surface area contributed by atoms with Gasteiger partial charge in [0.15, 0.2) is 6.29 Å². The molecule has 0 unspecified atom stereocenters. The third-order valence-electron chi connectivity index (χ3n) is 3.33. The Morgan fingerprint density at radius 1 is 1.39 bits per heavy atom. The van der Waals surface area contributed by atoms with Crippen molar-refractivity contribution in [3.8, 4) is 0 Å². The van der Waals surface area contributed by atoms with Crippen LogP contribution >= 0.6 is 11.8 Å². The van der Waals surface area contributed by atoms with Crippen molar-refractivity contribution in [2.75, 3.05) is 23.7 Å². The number of nitrogens with zero attached hydrogens (tertiary/aromatic N) is 1. The standard InChI is InChI=1S/C14H18FNOS/c1-14(2)6-7-16(8-9-18-14)13-5-3-4-12(15)11(13)10-17/h3-5,10H,6-9H2,1-2H3. The summed E-state index contributed by atoms with van der Waals surface area (Å²) >= 11 is 1.93. The van der Waals surface area contributed by atoms with E-state index in [9.17, 15) is 9.18 Å². The third-order valence-corrected chi connectivity index (χ3v) is 4.70. The zero-order valence-corrected chi connectivity index (χ0v) is 11.6. The zero-order chi connectivity index (χ0) is 13.2. The van der Waals surface area contributed by atoms with Gasteiger partial charge in [0.05, 0.1) is 11.3 Å². The molecule has 4 heteroatoms. The Morgan fingerprint density at radius 3 is 2.89 bits per heavy atom. The number of thioether (sulfide) groups is 1. The molecule has 0 radical (unpaired) electrons. The minimum atomic E-state index is -0.432. The Hall–Kier alpha value is -1.03. The van der Waals surface area contributed by atoms with Crippen molar-refractivity contribution < 1.29 is 9.18 Å². The third kappa shape index (κ3) is 2.86. The van der Waals surface area contributed by atoms with Crippen LogP contribution in [0.2, 0.25) is 0 Å². The molecule has 0 bridgehead atoms. The van der Waals surface area contributed by atoms with Crippen LogP contribution in [-0.2, 0) is 0 Å². The lowest BCUT2D eigenvalue weighted by molar-refractivity contribution is 0.112. The van der Waals surface area contributed by atoms with Crippen LogP contribution in [0.15, 0.2) is 18.2 Å². The predicted molar refractivity (Wildman–Crippen MR) is 75.2 cm³/mol. The summed E-state index contributed by atoms with van der Waals surface area (Å²) in [5.74, 6) is 0.570. The molecular formula is C14H18FNOS. The fourth-order valence-electron chi connectivity index (χ4n) is 2.18. The monoisotopic (exact) mass is 267 g/mol. The Labute approximate surface area is 112 Å². The Kier molecular flexibility index (Phi) is 3.95. The van der Waals surface area contributed by atoms with E-state index in [1.165, 1.54) is 6.07 Å². The second-order valence-electron chi connectivity index (χ2n) is 5.14. The van der Waals surface area contributed by atoms with Gasteiger partial charge in [-0.1, -0.05) is 19.9 Å². The first-order valence-electron chi connectivity index (χ1n) is 6.16. The highest BCUT2D eigenvalue weighted by Gasteiger charge is 2.25. The number of aldehydes is 1. The molecule has 1 aromatic rings. The van der Waals surface area contributed by atoms with Gasteiger partial charge in [-0.05, 0) is 18.6 Å². The molecule has 0 aliphatic carbocycles. The largest absolute Gasteiger partial charge is 0.370 e. The molecular weight excluding hydrogens is 249 g/mol. The summed E-state index contributed by atoms with van der Waals surface area (Å²) in [6, 6.07) is 4.83. The smallest absolute Gasteiger partial charge is 0.155 e. The lowest BCUT2D eigenvalue weighted by atomic mass is 10.1. The van der Waals surface area contributed by atoms with E-state index in [4.69, 9.17) is 0 Å². The summed E-state index contributed by atoms with van der Waals surface area (Å²) < 4.78 is 13.8. The van der Waals surface area contributed by atoms with Crippen molar-refractivity contribution in [1.82, 2.24) is 0 Å². The Balaban J connectivity index is 2.26. The van der Waals surface area contributed by atoms with Crippen LogP contribution in [-0.4, -0.2) is 29.9 Å². The first-order chi connectivity index (χ1) is 8.53. The molecule has 0 N–H and O–H groups in total. The molecule has 0 atom stereocenters. The van der Waals surface area contributed by atoms with Crippen LogP contribution in [0.3, 0.4) is 0 Å². The van der Waals surface area contributed by atoms with Crippen molar-refractivity contribution in [3.63, 3.8) is 0 Å². The summed E-state index contributed by atoms with van der Waals surface area (Å²) in [5.41, 5.74) is 0.908. The normalized spacial score (nSPS) is 19.4. The average molecular weight is 267 g/mol. The molecule has 98 valence electrons. The van der Waals surface area contributed by atoms with E-state index in [-0.39, 0.29) is 10.3 Å². The fourth-order valence-corrected chi connectivity index (χ4v) is 3.28. The molecule has 1 heterocycles. The lowest BCUT2D eigenvalue weighted by Gasteiger charge is -2.25. The Bertz CT molecular complexity index is 447. The van der Waals surface area contributed by atoms with Gasteiger partial charge in [0.1, 0.15) is 5.82 Å². The second kappa shape index (κ2) is 5.31. The van der Waals surface area contributed by atoms with Crippen LogP contribution < -0.4 is 4.90 Å². The van der Waals surface area contributed by atoms with Gasteiger partial charge in [-0.2, -0.15) is 11.8 Å². The number of carbonyl (C=O) groups is 1. The van der Waals surface area contributed by atoms with Gasteiger partial charge in [-0.25, -0.2) is 4.39 Å². The maximum Gasteiger partial charge on any atom is 0.155 e. The molecule has 0 spiro atoms. The Morgan fingerprint density at radius 2 is 2.17 bits per heavy atom. The number of benzene rings is 1. The molecule has 2 nitrogen and oxygen atoms in total. The van der Waals surface area contributed by atoms with Gasteiger partial charge >= 0.3 is 0 Å². The molecule has 2 rings (SSSR count). The molecule has 18 heavy (non-hydrogen) atoms. The first-order valence-corrected chi connectivity index (χ1v) is 7.15. The number of hydrogen-bond donors (Lipinski definition) is 0. The van der Waals surface area contributed by atoms with Crippen molar-refractivity contribution in [1.29, 1.82) is 0 Å². The number of rotatable bonds is 2. The molecule has 1 saturated heterocycles. The second-order valence-corrected chi connectivity index (χ2v) is 6.94. The molecule has 0 aromatic heterocycles. The minimum Gasteiger partial charge on any atom is -0.370 e. The SMILES string of the molecule is CC1(C)CCN(c2cccc(F)c2C=O)CCS1. The van der Waals surface area contributed by atoms with Crippen molar-refractivity contribution >= 4 is 23.7 Å². The van der Waals surface area contributed by atoms with Crippen molar-refractivity contribution in [2.45, 2.75) is 25.0 Å². The summed E-state index contributed by atoms with van der Waals surface area (Å²) in [5, 5.41) is 0. The van der Waals surface area contributed by atoms with Gasteiger partial charge in [0, 0.05) is 23.6 Å². The first kappa shape index (κ1) is 13.4. The maximum atomic E-state index is 13.6. The number of halogens is 1. The molecule has 0 amide bonds. The van der Waals surface area contributed by atoms with Gasteiger partial charge in [0.25, 0.3) is 0 Å². The van der Waals surface area contributed by atoms with E-state index in [2.05, 4.69) is 18.7 Å². The van der Waals surface area contributed by atoms with Gasteiger partial charge in [-0.15, -0.1) is 0 Å². The van der Waals surface area contributed by atoms with E-state index in [1.54, 1.807) is 6.07 Å². The molecule has 1 aromatic carbocycles. The number of anilines is 1. The molecule has 1 aliphatic rings. The summed E-state index contributed by atoms with van der Waals surface area (Å²) in [7, 11) is 0. The van der Waals surface area contributed by atoms with Crippen LogP contribution in [0.4, 0.5) is 10.1 Å². The topological polar surface area (TPSA) is 20.3 Å². The van der Waals surface area contributed by atoms with Gasteiger partial charge < -0.3 is 4.90 Å². The van der Waals surface area contributed by atoms with Crippen LogP contribution in [0.25, 0.3) is 0 Å². The number of hydrogen-bond acceptors (Lipinski definition) is 3. The summed E-state index contributed by atoms with van der Waals surface area (Å²) in [6.45, 7) is 6.18. The van der Waals surface area contributed by atoms with E-state index in [0.29, 0.717) is 6.29 Å². The maximum absolute atomic E-state index is 13.6. The summed E-state index contributed by atoms with van der Waals surface area (Å²) in [4.78, 5) is 13.2. The highest BCUT2D eigenvalue weighted by Crippen LogP contribution is 2.33. The van der Waals surface area contributed by atoms with Gasteiger partial charge in [0.2, 0.25) is 0 Å². The molecule has 0 saturated carbocycles. The van der Waals surface area contributed by atoms with Crippen LogP contribution in [0.1, 0.15) is 30.6 Å². The lowest BCUT2D eigenvalue weighted by Crippen LogP contribution is -2.28. The summed E-state index contributed by atoms with van der Waals surface area (Å²) in [6.07, 6.45) is 1.65. The van der Waals surface area contributed by atoms with E-state index in [1.807, 2.05) is 17.8 Å². The van der Waals surface area contributed by atoms with E-state index in [0.717, 1.165) is 31.0 Å². The van der Waals surface area contributed by atoms with E-state index < -0.39 is 5.82 Å². The zero-order valence-electron chi connectivity index (χ0n) is 10.8. The van der Waals surface area contributed by atoms with Crippen LogP contribution in [0.5, 0.6) is 0 Å². The van der Waals surface area contributed by atoms with Crippen molar-refractivity contribution in [2.24, 2.45) is 0 Å².